The molecule has 0 bridgehead atoms. The molecule has 1 aromatic heterocycles. The number of nitrogens with one attached hydrogen (secondary N) is 1. The van der Waals surface area contributed by atoms with Crippen LogP contribution < -0.4 is 11.1 Å². The minimum absolute atomic E-state index is 0.0620. The molecule has 1 amide bonds. The fourth-order valence-corrected chi connectivity index (χ4v) is 1.93. The molecule has 1 unspecified atom stereocenters. The van der Waals surface area contributed by atoms with Gasteiger partial charge < -0.3 is 15.5 Å². The molecule has 2 aromatic rings. The summed E-state index contributed by atoms with van der Waals surface area (Å²) >= 11 is 0. The largest absolute Gasteiger partial charge is 0.459 e. The van der Waals surface area contributed by atoms with Gasteiger partial charge in [0.1, 0.15) is 17.2 Å². The molecule has 3 N–H and O–H groups in total. The van der Waals surface area contributed by atoms with E-state index in [0.29, 0.717) is 16.7 Å². The Hall–Kier alpha value is -1.88. The van der Waals surface area contributed by atoms with Gasteiger partial charge in [-0.25, -0.2) is 4.39 Å². The van der Waals surface area contributed by atoms with Gasteiger partial charge >= 0.3 is 0 Å². The molecule has 0 aliphatic carbocycles. The smallest absolute Gasteiger partial charge is 0.237 e. The lowest BCUT2D eigenvalue weighted by molar-refractivity contribution is -0.124. The minimum atomic E-state index is -0.556. The first kappa shape index (κ1) is 14.5. The molecule has 0 radical (unpaired) electrons. The highest BCUT2D eigenvalue weighted by molar-refractivity contribution is 5.82. The third kappa shape index (κ3) is 2.99. The number of carbonyl (C=O) groups is 1. The van der Waals surface area contributed by atoms with Crippen molar-refractivity contribution >= 4 is 16.9 Å². The molecule has 0 fully saturated rings. The van der Waals surface area contributed by atoms with Gasteiger partial charge in [-0.05, 0) is 37.1 Å². The highest BCUT2D eigenvalue weighted by Gasteiger charge is 2.21. The van der Waals surface area contributed by atoms with Crippen LogP contribution in [0.15, 0.2) is 28.7 Å². The Labute approximate surface area is 117 Å². The van der Waals surface area contributed by atoms with Crippen LogP contribution in [-0.2, 0) is 4.79 Å². The summed E-state index contributed by atoms with van der Waals surface area (Å²) in [6, 6.07) is 5.17. The zero-order valence-corrected chi connectivity index (χ0v) is 11.8. The lowest BCUT2D eigenvalue weighted by Gasteiger charge is -2.18. The van der Waals surface area contributed by atoms with Crippen LogP contribution >= 0.6 is 0 Å². The second-order valence-corrected chi connectivity index (χ2v) is 5.33. The van der Waals surface area contributed by atoms with Crippen molar-refractivity contribution in [1.29, 1.82) is 0 Å². The summed E-state index contributed by atoms with van der Waals surface area (Å²) in [5.74, 6) is 0.101. The van der Waals surface area contributed by atoms with Gasteiger partial charge in [0.15, 0.2) is 0 Å². The standard InChI is InChI=1S/C15H19FN2O2/c1-8(2)14(17)15(19)18-9(3)13-7-10-6-11(16)4-5-12(10)20-13/h4-9,14H,17H2,1-3H3,(H,18,19)/t9?,14-/m0/s1. The minimum Gasteiger partial charge on any atom is -0.459 e. The van der Waals surface area contributed by atoms with E-state index < -0.39 is 6.04 Å². The number of hydrogen-bond acceptors (Lipinski definition) is 3. The summed E-state index contributed by atoms with van der Waals surface area (Å²) in [7, 11) is 0. The zero-order chi connectivity index (χ0) is 14.9. The summed E-state index contributed by atoms with van der Waals surface area (Å²) in [6.45, 7) is 5.58. The molecule has 2 rings (SSSR count). The van der Waals surface area contributed by atoms with E-state index in [0.717, 1.165) is 0 Å². The van der Waals surface area contributed by atoms with Crippen LogP contribution in [0.1, 0.15) is 32.6 Å². The van der Waals surface area contributed by atoms with E-state index in [1.807, 2.05) is 13.8 Å². The van der Waals surface area contributed by atoms with Crippen molar-refractivity contribution in [2.75, 3.05) is 0 Å². The SMILES string of the molecule is CC(NC(=O)[C@@H](N)C(C)C)c1cc2cc(F)ccc2o1. The first-order valence-electron chi connectivity index (χ1n) is 6.63. The Kier molecular flexibility index (Phi) is 4.09. The first-order chi connectivity index (χ1) is 9.38. The van der Waals surface area contributed by atoms with Crippen molar-refractivity contribution in [2.45, 2.75) is 32.9 Å². The van der Waals surface area contributed by atoms with Gasteiger partial charge in [-0.1, -0.05) is 13.8 Å². The number of benzene rings is 1. The average molecular weight is 278 g/mol. The second-order valence-electron chi connectivity index (χ2n) is 5.33. The fraction of sp³-hybridized carbons (Fsp3) is 0.400. The van der Waals surface area contributed by atoms with Gasteiger partial charge in [0.2, 0.25) is 5.91 Å². The second kappa shape index (κ2) is 5.63. The lowest BCUT2D eigenvalue weighted by atomic mass is 10.0. The quantitative estimate of drug-likeness (QED) is 0.903. The number of carbonyl (C=O) groups excluding carboxylic acids is 1. The predicted molar refractivity (Wildman–Crippen MR) is 75.5 cm³/mol. The molecule has 4 nitrogen and oxygen atoms in total. The first-order valence-corrected chi connectivity index (χ1v) is 6.63. The van der Waals surface area contributed by atoms with Crippen LogP contribution in [0.25, 0.3) is 11.0 Å². The maximum atomic E-state index is 13.1. The Morgan fingerprint density at radius 1 is 1.30 bits per heavy atom. The molecule has 20 heavy (non-hydrogen) atoms. The number of rotatable bonds is 4. The predicted octanol–water partition coefficient (Wildman–Crippen LogP) is 2.73. The summed E-state index contributed by atoms with van der Waals surface area (Å²) in [6.07, 6.45) is 0. The number of furan rings is 1. The molecule has 108 valence electrons. The van der Waals surface area contributed by atoms with E-state index in [9.17, 15) is 9.18 Å². The van der Waals surface area contributed by atoms with E-state index in [4.69, 9.17) is 10.2 Å². The Balaban J connectivity index is 2.15. The van der Waals surface area contributed by atoms with Gasteiger partial charge in [0.05, 0.1) is 12.1 Å². The van der Waals surface area contributed by atoms with Crippen LogP contribution in [0.4, 0.5) is 4.39 Å². The maximum absolute atomic E-state index is 13.1. The number of fused-ring (bicyclic) bond motifs is 1. The van der Waals surface area contributed by atoms with Gasteiger partial charge in [-0.3, -0.25) is 4.79 Å². The molecule has 1 heterocycles. The molecule has 0 aliphatic rings. The van der Waals surface area contributed by atoms with Gasteiger partial charge in [-0.2, -0.15) is 0 Å². The van der Waals surface area contributed by atoms with E-state index in [1.54, 1.807) is 19.1 Å². The summed E-state index contributed by atoms with van der Waals surface area (Å²) < 4.78 is 18.7. The molecule has 2 atom stereocenters. The van der Waals surface area contributed by atoms with Crippen molar-refractivity contribution in [3.05, 3.63) is 35.8 Å². The van der Waals surface area contributed by atoms with E-state index in [2.05, 4.69) is 5.32 Å². The Morgan fingerprint density at radius 3 is 2.65 bits per heavy atom. The van der Waals surface area contributed by atoms with Crippen molar-refractivity contribution < 1.29 is 13.6 Å². The monoisotopic (exact) mass is 278 g/mol. The lowest BCUT2D eigenvalue weighted by Crippen LogP contribution is -2.44. The molecular formula is C15H19FN2O2. The fourth-order valence-electron chi connectivity index (χ4n) is 1.93. The normalized spacial score (nSPS) is 14.5. The molecular weight excluding hydrogens is 259 g/mol. The summed E-state index contributed by atoms with van der Waals surface area (Å²) in [5.41, 5.74) is 6.38. The average Bonchev–Trinajstić information content (AvgIpc) is 2.80. The third-order valence-corrected chi connectivity index (χ3v) is 3.30. The van der Waals surface area contributed by atoms with E-state index >= 15 is 0 Å². The van der Waals surface area contributed by atoms with Crippen molar-refractivity contribution in [3.8, 4) is 0 Å². The molecule has 0 saturated carbocycles. The topological polar surface area (TPSA) is 68.3 Å². The Bertz CT molecular complexity index is 621. The molecule has 0 saturated heterocycles. The van der Waals surface area contributed by atoms with Crippen LogP contribution in [0, 0.1) is 11.7 Å². The van der Waals surface area contributed by atoms with Crippen molar-refractivity contribution in [1.82, 2.24) is 5.32 Å². The van der Waals surface area contributed by atoms with Crippen LogP contribution in [0.2, 0.25) is 0 Å². The number of hydrogen-bond donors (Lipinski definition) is 2. The van der Waals surface area contributed by atoms with Gasteiger partial charge in [-0.15, -0.1) is 0 Å². The van der Waals surface area contributed by atoms with Crippen LogP contribution in [0.3, 0.4) is 0 Å². The van der Waals surface area contributed by atoms with Crippen molar-refractivity contribution in [3.63, 3.8) is 0 Å². The summed E-state index contributed by atoms with van der Waals surface area (Å²) in [4.78, 5) is 11.9. The van der Waals surface area contributed by atoms with Crippen molar-refractivity contribution in [2.24, 2.45) is 11.7 Å². The molecule has 1 aromatic carbocycles. The number of halogens is 1. The summed E-state index contributed by atoms with van der Waals surface area (Å²) in [5, 5.41) is 3.48. The molecule has 0 spiro atoms. The van der Waals surface area contributed by atoms with Gasteiger partial charge in [0, 0.05) is 5.39 Å². The van der Waals surface area contributed by atoms with E-state index in [1.165, 1.54) is 12.1 Å². The Morgan fingerprint density at radius 2 is 2.00 bits per heavy atom. The highest BCUT2D eigenvalue weighted by atomic mass is 19.1. The molecule has 0 aliphatic heterocycles. The van der Waals surface area contributed by atoms with Crippen LogP contribution in [0.5, 0.6) is 0 Å². The van der Waals surface area contributed by atoms with Gasteiger partial charge in [0.25, 0.3) is 0 Å². The maximum Gasteiger partial charge on any atom is 0.237 e. The van der Waals surface area contributed by atoms with Crippen LogP contribution in [-0.4, -0.2) is 11.9 Å². The van der Waals surface area contributed by atoms with E-state index in [-0.39, 0.29) is 23.7 Å². The number of amides is 1. The zero-order valence-electron chi connectivity index (χ0n) is 11.8. The number of nitrogens with two attached hydrogens (primary N) is 1. The third-order valence-electron chi connectivity index (χ3n) is 3.30. The molecule has 5 heteroatoms. The highest BCUT2D eigenvalue weighted by Crippen LogP contribution is 2.24.